The third-order valence-electron chi connectivity index (χ3n) is 3.27. The van der Waals surface area contributed by atoms with Gasteiger partial charge in [0.15, 0.2) is 0 Å². The molecule has 0 saturated heterocycles. The number of nitrogens with two attached hydrogens (primary N) is 1. The first-order valence-electron chi connectivity index (χ1n) is 5.44. The van der Waals surface area contributed by atoms with E-state index in [2.05, 4.69) is 0 Å². The van der Waals surface area contributed by atoms with Crippen molar-refractivity contribution in [1.29, 1.82) is 0 Å². The van der Waals surface area contributed by atoms with Crippen LogP contribution >= 0.6 is 0 Å². The minimum Gasteiger partial charge on any atom is -0.430 e. The normalized spacial score (nSPS) is 28.1. The summed E-state index contributed by atoms with van der Waals surface area (Å²) in [7, 11) is 0. The number of aliphatic hydroxyl groups excluding tert-OH is 1. The van der Waals surface area contributed by atoms with Crippen molar-refractivity contribution in [1.82, 2.24) is 0 Å². The van der Waals surface area contributed by atoms with Gasteiger partial charge in [-0.3, -0.25) is 0 Å². The predicted octanol–water partition coefficient (Wildman–Crippen LogP) is 0.696. The molecule has 1 unspecified atom stereocenters. The van der Waals surface area contributed by atoms with Gasteiger partial charge in [0, 0.05) is 6.42 Å². The molecule has 15 heavy (non-hydrogen) atoms. The van der Waals surface area contributed by atoms with Crippen molar-refractivity contribution in [2.75, 3.05) is 0 Å². The molecular formula is C11H17NO3. The van der Waals surface area contributed by atoms with E-state index in [-0.39, 0.29) is 0 Å². The molecule has 0 amide bonds. The van der Waals surface area contributed by atoms with Gasteiger partial charge in [0.2, 0.25) is 0 Å². The topological polar surface area (TPSA) is 72.5 Å². The summed E-state index contributed by atoms with van der Waals surface area (Å²) in [5, 5.41) is 9.16. The van der Waals surface area contributed by atoms with E-state index >= 15 is 0 Å². The highest BCUT2D eigenvalue weighted by Gasteiger charge is 2.33. The number of carbonyl (C=O) groups excluding carboxylic acids is 1. The molecule has 1 fully saturated rings. The first-order valence-corrected chi connectivity index (χ1v) is 5.44. The molecule has 1 saturated carbocycles. The second kappa shape index (κ2) is 3.94. The number of hydrogen-bond donors (Lipinski definition) is 2. The van der Waals surface area contributed by atoms with E-state index in [4.69, 9.17) is 15.6 Å². The molecule has 0 aromatic carbocycles. The van der Waals surface area contributed by atoms with Crippen LogP contribution in [0.25, 0.3) is 0 Å². The maximum absolute atomic E-state index is 11.5. The third kappa shape index (κ3) is 2.06. The molecule has 0 spiro atoms. The van der Waals surface area contributed by atoms with Gasteiger partial charge in [0.1, 0.15) is 11.8 Å². The molecule has 2 aliphatic carbocycles. The number of allylic oxidation sites excluding steroid dienone is 2. The van der Waals surface area contributed by atoms with E-state index in [9.17, 15) is 4.79 Å². The fourth-order valence-corrected chi connectivity index (χ4v) is 2.27. The molecular weight excluding hydrogens is 194 g/mol. The fourth-order valence-electron chi connectivity index (χ4n) is 2.27. The lowest BCUT2D eigenvalue weighted by Crippen LogP contribution is -2.41. The van der Waals surface area contributed by atoms with Crippen molar-refractivity contribution < 1.29 is 14.6 Å². The van der Waals surface area contributed by atoms with E-state index < -0.39 is 18.1 Å². The first kappa shape index (κ1) is 10.6. The van der Waals surface area contributed by atoms with Crippen LogP contribution in [0.1, 0.15) is 32.6 Å². The monoisotopic (exact) mass is 211 g/mol. The maximum atomic E-state index is 11.5. The average Bonchev–Trinajstić information content (AvgIpc) is 2.77. The SMILES string of the molecule is C[C@@H](O)[C@H](N)C(=O)OC1=C2CCC(C2)C1. The van der Waals surface area contributed by atoms with Gasteiger partial charge < -0.3 is 15.6 Å². The number of hydrogen-bond acceptors (Lipinski definition) is 4. The van der Waals surface area contributed by atoms with Crippen molar-refractivity contribution in [3.63, 3.8) is 0 Å². The summed E-state index contributed by atoms with van der Waals surface area (Å²) in [6.07, 6.45) is 3.36. The van der Waals surface area contributed by atoms with Crippen LogP contribution in [0.3, 0.4) is 0 Å². The molecule has 2 rings (SSSR count). The number of carbonyl (C=O) groups is 1. The molecule has 2 aliphatic rings. The molecule has 3 N–H and O–H groups in total. The molecule has 0 aromatic rings. The van der Waals surface area contributed by atoms with E-state index in [1.54, 1.807) is 0 Å². The van der Waals surface area contributed by atoms with Crippen LogP contribution in [-0.4, -0.2) is 23.2 Å². The molecule has 4 nitrogen and oxygen atoms in total. The Hall–Kier alpha value is -0.870. The van der Waals surface area contributed by atoms with E-state index in [1.165, 1.54) is 18.9 Å². The van der Waals surface area contributed by atoms with Gasteiger partial charge in [-0.05, 0) is 37.7 Å². The number of ether oxygens (including phenoxy) is 1. The van der Waals surface area contributed by atoms with Crippen LogP contribution in [0.5, 0.6) is 0 Å². The third-order valence-corrected chi connectivity index (χ3v) is 3.27. The van der Waals surface area contributed by atoms with Crippen LogP contribution in [-0.2, 0) is 9.53 Å². The minimum absolute atomic E-state index is 0.514. The van der Waals surface area contributed by atoms with Gasteiger partial charge >= 0.3 is 5.97 Å². The van der Waals surface area contributed by atoms with Crippen LogP contribution in [0.15, 0.2) is 11.3 Å². The Morgan fingerprint density at radius 1 is 1.60 bits per heavy atom. The van der Waals surface area contributed by atoms with Crippen LogP contribution in [0, 0.1) is 5.92 Å². The zero-order valence-corrected chi connectivity index (χ0v) is 8.90. The lowest BCUT2D eigenvalue weighted by molar-refractivity contribution is -0.143. The molecule has 2 bridgehead atoms. The van der Waals surface area contributed by atoms with Gasteiger partial charge in [-0.15, -0.1) is 0 Å². The molecule has 0 aliphatic heterocycles. The Kier molecular flexibility index (Phi) is 2.80. The Morgan fingerprint density at radius 2 is 2.33 bits per heavy atom. The summed E-state index contributed by atoms with van der Waals surface area (Å²) < 4.78 is 5.22. The Balaban J connectivity index is 1.95. The number of fused-ring (bicyclic) bond motifs is 2. The zero-order valence-electron chi connectivity index (χ0n) is 8.90. The highest BCUT2D eigenvalue weighted by Crippen LogP contribution is 2.44. The molecule has 84 valence electrons. The van der Waals surface area contributed by atoms with Gasteiger partial charge in [-0.2, -0.15) is 0 Å². The summed E-state index contributed by atoms with van der Waals surface area (Å²) in [6, 6.07) is -0.933. The van der Waals surface area contributed by atoms with Gasteiger partial charge in [-0.1, -0.05) is 0 Å². The van der Waals surface area contributed by atoms with Crippen molar-refractivity contribution in [2.45, 2.75) is 44.8 Å². The summed E-state index contributed by atoms with van der Waals surface area (Å²) >= 11 is 0. The number of aliphatic hydroxyl groups is 1. The fraction of sp³-hybridized carbons (Fsp3) is 0.727. The number of rotatable bonds is 3. The minimum atomic E-state index is -0.933. The lowest BCUT2D eigenvalue weighted by atomic mass is 10.0. The Bertz CT molecular complexity index is 309. The van der Waals surface area contributed by atoms with Crippen molar-refractivity contribution in [2.24, 2.45) is 11.7 Å². The molecule has 0 aromatic heterocycles. The standard InChI is InChI=1S/C11H17NO3/c1-6(13)10(12)11(14)15-9-5-7-2-3-8(9)4-7/h6-7,10,13H,2-5,12H2,1H3/t6-,7?,10+/m1/s1. The van der Waals surface area contributed by atoms with Gasteiger partial charge in [0.05, 0.1) is 6.10 Å². The molecule has 4 heteroatoms. The second-order valence-electron chi connectivity index (χ2n) is 4.53. The molecule has 0 heterocycles. The quantitative estimate of drug-likeness (QED) is 0.674. The van der Waals surface area contributed by atoms with E-state index in [0.29, 0.717) is 5.92 Å². The Morgan fingerprint density at radius 3 is 2.80 bits per heavy atom. The van der Waals surface area contributed by atoms with Gasteiger partial charge in [-0.25, -0.2) is 4.79 Å². The zero-order chi connectivity index (χ0) is 11.0. The number of esters is 1. The predicted molar refractivity (Wildman–Crippen MR) is 54.7 cm³/mol. The van der Waals surface area contributed by atoms with Crippen molar-refractivity contribution in [3.05, 3.63) is 11.3 Å². The summed E-state index contributed by atoms with van der Waals surface area (Å²) in [5.74, 6) is 0.970. The summed E-state index contributed by atoms with van der Waals surface area (Å²) in [5.41, 5.74) is 6.76. The Labute approximate surface area is 89.1 Å². The van der Waals surface area contributed by atoms with Gasteiger partial charge in [0.25, 0.3) is 0 Å². The van der Waals surface area contributed by atoms with Crippen LogP contribution < -0.4 is 5.73 Å². The first-order chi connectivity index (χ1) is 7.08. The smallest absolute Gasteiger partial charge is 0.330 e. The van der Waals surface area contributed by atoms with Crippen molar-refractivity contribution in [3.8, 4) is 0 Å². The summed E-state index contributed by atoms with van der Waals surface area (Å²) in [6.45, 7) is 1.49. The maximum Gasteiger partial charge on any atom is 0.330 e. The van der Waals surface area contributed by atoms with Crippen LogP contribution in [0.4, 0.5) is 0 Å². The van der Waals surface area contributed by atoms with E-state index in [0.717, 1.165) is 25.0 Å². The summed E-state index contributed by atoms with van der Waals surface area (Å²) in [4.78, 5) is 11.5. The molecule has 0 radical (unpaired) electrons. The average molecular weight is 211 g/mol. The van der Waals surface area contributed by atoms with E-state index in [1.807, 2.05) is 0 Å². The highest BCUT2D eigenvalue weighted by molar-refractivity contribution is 5.77. The highest BCUT2D eigenvalue weighted by atomic mass is 16.5. The lowest BCUT2D eigenvalue weighted by Gasteiger charge is -2.16. The van der Waals surface area contributed by atoms with Crippen molar-refractivity contribution >= 4 is 5.97 Å². The molecule has 3 atom stereocenters. The largest absolute Gasteiger partial charge is 0.430 e. The second-order valence-corrected chi connectivity index (χ2v) is 4.53. The van der Waals surface area contributed by atoms with Crippen LogP contribution in [0.2, 0.25) is 0 Å².